The van der Waals surface area contributed by atoms with Crippen molar-refractivity contribution in [2.75, 3.05) is 64.4 Å². The summed E-state index contributed by atoms with van der Waals surface area (Å²) in [6.45, 7) is 10.5. The van der Waals surface area contributed by atoms with Crippen molar-refractivity contribution < 1.29 is 4.74 Å². The predicted octanol–water partition coefficient (Wildman–Crippen LogP) is 2.47. The number of ether oxygens (including phenoxy) is 1. The van der Waals surface area contributed by atoms with E-state index in [1.54, 1.807) is 0 Å². The number of guanidine groups is 1. The smallest absolute Gasteiger partial charge is 0.191 e. The molecule has 3 rings (SSSR count). The Labute approximate surface area is 187 Å². The highest BCUT2D eigenvalue weighted by atomic mass is 127. The predicted molar refractivity (Wildman–Crippen MR) is 128 cm³/mol. The molecule has 0 spiro atoms. The maximum absolute atomic E-state index is 5.64. The van der Waals surface area contributed by atoms with Crippen LogP contribution in [0.4, 0.5) is 5.69 Å². The number of nitrogens with zero attached hydrogens (tertiary/aromatic N) is 3. The summed E-state index contributed by atoms with van der Waals surface area (Å²) >= 11 is 0. The quantitative estimate of drug-likeness (QED) is 0.260. The summed E-state index contributed by atoms with van der Waals surface area (Å²) in [6, 6.07) is 8.83. The first-order valence-corrected chi connectivity index (χ1v) is 10.3. The second-order valence-corrected chi connectivity index (χ2v) is 7.54. The second kappa shape index (κ2) is 12.5. The SMILES string of the molecule is CN=C(NCCCN1CCN(c2cccc(C)c2)CC1)NCC1CCCO1.I. The molecular weight excluding hydrogens is 465 g/mol. The van der Waals surface area contributed by atoms with Gasteiger partial charge in [-0.25, -0.2) is 0 Å². The number of nitrogens with one attached hydrogen (secondary N) is 2. The molecule has 2 aliphatic heterocycles. The van der Waals surface area contributed by atoms with Gasteiger partial charge in [0, 0.05) is 58.6 Å². The van der Waals surface area contributed by atoms with Crippen molar-refractivity contribution >= 4 is 35.6 Å². The number of hydrogen-bond donors (Lipinski definition) is 2. The highest BCUT2D eigenvalue weighted by Crippen LogP contribution is 2.17. The van der Waals surface area contributed by atoms with Crippen molar-refractivity contribution in [3.05, 3.63) is 29.8 Å². The summed E-state index contributed by atoms with van der Waals surface area (Å²) in [7, 11) is 1.83. The lowest BCUT2D eigenvalue weighted by Crippen LogP contribution is -2.47. The normalized spacial score (nSPS) is 20.7. The molecule has 6 nitrogen and oxygen atoms in total. The molecule has 28 heavy (non-hydrogen) atoms. The van der Waals surface area contributed by atoms with Gasteiger partial charge in [0.15, 0.2) is 5.96 Å². The number of anilines is 1. The lowest BCUT2D eigenvalue weighted by Gasteiger charge is -2.36. The summed E-state index contributed by atoms with van der Waals surface area (Å²) in [6.07, 6.45) is 3.80. The maximum atomic E-state index is 5.64. The Hall–Kier alpha value is -1.06. The minimum absolute atomic E-state index is 0. The molecule has 0 aliphatic carbocycles. The zero-order valence-electron chi connectivity index (χ0n) is 17.3. The Kier molecular flexibility index (Phi) is 10.4. The first-order valence-electron chi connectivity index (χ1n) is 10.3. The molecule has 2 fully saturated rings. The standard InChI is InChI=1S/C21H35N5O.HI/c1-18-6-3-7-19(16-18)26-13-11-25(12-14-26)10-5-9-23-21(22-2)24-17-20-8-4-15-27-20;/h3,6-7,16,20H,4-5,8-15,17H2,1-2H3,(H2,22,23,24);1H. The van der Waals surface area contributed by atoms with Gasteiger partial charge in [-0.2, -0.15) is 0 Å². The fourth-order valence-electron chi connectivity index (χ4n) is 3.80. The molecule has 0 saturated carbocycles. The molecule has 158 valence electrons. The molecule has 2 aliphatic rings. The molecule has 1 unspecified atom stereocenters. The Morgan fingerprint density at radius 2 is 2.04 bits per heavy atom. The van der Waals surface area contributed by atoms with E-state index in [9.17, 15) is 0 Å². The van der Waals surface area contributed by atoms with Gasteiger partial charge in [-0.1, -0.05) is 12.1 Å². The van der Waals surface area contributed by atoms with E-state index in [0.29, 0.717) is 6.10 Å². The van der Waals surface area contributed by atoms with Crippen LogP contribution in [-0.2, 0) is 4.74 Å². The number of benzene rings is 1. The molecule has 2 N–H and O–H groups in total. The first kappa shape index (κ1) is 23.2. The molecule has 2 heterocycles. The molecule has 1 aromatic carbocycles. The number of halogens is 1. The zero-order chi connectivity index (χ0) is 18.9. The van der Waals surface area contributed by atoms with E-state index in [1.165, 1.54) is 17.7 Å². The van der Waals surface area contributed by atoms with Gasteiger partial charge in [0.05, 0.1) is 6.10 Å². The third-order valence-electron chi connectivity index (χ3n) is 5.43. The third kappa shape index (κ3) is 7.40. The highest BCUT2D eigenvalue weighted by Gasteiger charge is 2.17. The maximum Gasteiger partial charge on any atom is 0.191 e. The van der Waals surface area contributed by atoms with Gasteiger partial charge in [-0.15, -0.1) is 24.0 Å². The van der Waals surface area contributed by atoms with E-state index >= 15 is 0 Å². The number of hydrogen-bond acceptors (Lipinski definition) is 4. The van der Waals surface area contributed by atoms with Gasteiger partial charge < -0.3 is 20.3 Å². The van der Waals surface area contributed by atoms with Crippen LogP contribution in [0.5, 0.6) is 0 Å². The average Bonchev–Trinajstić information content (AvgIpc) is 3.21. The molecule has 0 radical (unpaired) electrons. The first-order chi connectivity index (χ1) is 13.2. The van der Waals surface area contributed by atoms with Crippen LogP contribution in [0.2, 0.25) is 0 Å². The van der Waals surface area contributed by atoms with Crippen molar-refractivity contribution in [1.29, 1.82) is 0 Å². The Morgan fingerprint density at radius 1 is 1.21 bits per heavy atom. The molecular formula is C21H36IN5O. The summed E-state index contributed by atoms with van der Waals surface area (Å²) in [5.74, 6) is 0.884. The van der Waals surface area contributed by atoms with Crippen molar-refractivity contribution in [2.45, 2.75) is 32.3 Å². The van der Waals surface area contributed by atoms with Crippen LogP contribution in [-0.4, -0.2) is 76.4 Å². The fraction of sp³-hybridized carbons (Fsp3) is 0.667. The van der Waals surface area contributed by atoms with E-state index in [1.807, 2.05) is 7.05 Å². The van der Waals surface area contributed by atoms with Crippen molar-refractivity contribution in [1.82, 2.24) is 15.5 Å². The minimum atomic E-state index is 0. The van der Waals surface area contributed by atoms with Crippen molar-refractivity contribution in [2.24, 2.45) is 4.99 Å². The lowest BCUT2D eigenvalue weighted by molar-refractivity contribution is 0.114. The van der Waals surface area contributed by atoms with Crippen LogP contribution < -0.4 is 15.5 Å². The molecule has 0 bridgehead atoms. The average molecular weight is 501 g/mol. The Morgan fingerprint density at radius 3 is 2.71 bits per heavy atom. The van der Waals surface area contributed by atoms with E-state index in [-0.39, 0.29) is 24.0 Å². The highest BCUT2D eigenvalue weighted by molar-refractivity contribution is 14.0. The molecule has 7 heteroatoms. The van der Waals surface area contributed by atoms with Crippen LogP contribution in [0.1, 0.15) is 24.8 Å². The largest absolute Gasteiger partial charge is 0.376 e. The van der Waals surface area contributed by atoms with Crippen molar-refractivity contribution in [3.63, 3.8) is 0 Å². The van der Waals surface area contributed by atoms with Crippen LogP contribution in [0, 0.1) is 6.92 Å². The van der Waals surface area contributed by atoms with Crippen LogP contribution >= 0.6 is 24.0 Å². The second-order valence-electron chi connectivity index (χ2n) is 7.54. The number of piperazine rings is 1. The van der Waals surface area contributed by atoms with Gasteiger partial charge in [0.1, 0.15) is 0 Å². The Balaban J connectivity index is 0.00000280. The van der Waals surface area contributed by atoms with Gasteiger partial charge >= 0.3 is 0 Å². The molecule has 2 saturated heterocycles. The minimum Gasteiger partial charge on any atom is -0.376 e. The van der Waals surface area contributed by atoms with Crippen LogP contribution in [0.25, 0.3) is 0 Å². The topological polar surface area (TPSA) is 52.1 Å². The van der Waals surface area contributed by atoms with Crippen LogP contribution in [0.15, 0.2) is 29.3 Å². The van der Waals surface area contributed by atoms with E-state index in [2.05, 4.69) is 56.6 Å². The molecule has 0 amide bonds. The van der Waals surface area contributed by atoms with Crippen molar-refractivity contribution in [3.8, 4) is 0 Å². The third-order valence-corrected chi connectivity index (χ3v) is 5.43. The summed E-state index contributed by atoms with van der Waals surface area (Å²) < 4.78 is 5.64. The fourth-order valence-corrected chi connectivity index (χ4v) is 3.80. The monoisotopic (exact) mass is 501 g/mol. The van der Waals surface area contributed by atoms with E-state index in [4.69, 9.17) is 4.74 Å². The molecule has 0 aromatic heterocycles. The van der Waals surface area contributed by atoms with E-state index < -0.39 is 0 Å². The zero-order valence-corrected chi connectivity index (χ0v) is 19.7. The van der Waals surface area contributed by atoms with Gasteiger partial charge in [0.2, 0.25) is 0 Å². The Bertz CT molecular complexity index is 598. The van der Waals surface area contributed by atoms with Gasteiger partial charge in [-0.3, -0.25) is 9.89 Å². The lowest BCUT2D eigenvalue weighted by atomic mass is 10.2. The summed E-state index contributed by atoms with van der Waals surface area (Å²) in [4.78, 5) is 9.37. The van der Waals surface area contributed by atoms with Gasteiger partial charge in [-0.05, 0) is 50.4 Å². The van der Waals surface area contributed by atoms with Gasteiger partial charge in [0.25, 0.3) is 0 Å². The number of aryl methyl sites for hydroxylation is 1. The van der Waals surface area contributed by atoms with Crippen LogP contribution in [0.3, 0.4) is 0 Å². The molecule has 1 aromatic rings. The number of aliphatic imine (C=N–C) groups is 1. The summed E-state index contributed by atoms with van der Waals surface area (Å²) in [5, 5.41) is 6.79. The summed E-state index contributed by atoms with van der Waals surface area (Å²) in [5.41, 5.74) is 2.69. The van der Waals surface area contributed by atoms with E-state index in [0.717, 1.165) is 71.2 Å². The number of rotatable bonds is 7. The molecule has 1 atom stereocenters.